The third-order valence-corrected chi connectivity index (χ3v) is 2.26. The number of aromatic nitrogens is 4. The van der Waals surface area contributed by atoms with Gasteiger partial charge in [0.15, 0.2) is 5.82 Å². The van der Waals surface area contributed by atoms with Gasteiger partial charge in [-0.3, -0.25) is 4.79 Å². The van der Waals surface area contributed by atoms with Crippen molar-refractivity contribution in [1.82, 2.24) is 19.6 Å². The van der Waals surface area contributed by atoms with Crippen molar-refractivity contribution in [2.24, 2.45) is 12.8 Å². The zero-order chi connectivity index (χ0) is 11.9. The Morgan fingerprint density at radius 2 is 2.19 bits per heavy atom. The summed E-state index contributed by atoms with van der Waals surface area (Å²) in [5.74, 6) is -0.0172. The van der Waals surface area contributed by atoms with Gasteiger partial charge < -0.3 is 11.5 Å². The fourth-order valence-corrected chi connectivity index (χ4v) is 1.65. The molecule has 7 heteroatoms. The molecule has 0 bridgehead atoms. The fourth-order valence-electron chi connectivity index (χ4n) is 1.65. The maximum atomic E-state index is 11.3. The number of nitrogens with zero attached hydrogens (tertiary/aromatic N) is 4. The summed E-state index contributed by atoms with van der Waals surface area (Å²) in [4.78, 5) is 11.3. The van der Waals surface area contributed by atoms with E-state index in [4.69, 9.17) is 11.5 Å². The molecule has 2 aromatic rings. The summed E-state index contributed by atoms with van der Waals surface area (Å²) in [6, 6.07) is 0. The molecular formula is C9H12N6O. The topological polar surface area (TPSA) is 105 Å². The van der Waals surface area contributed by atoms with Crippen molar-refractivity contribution >= 4 is 11.6 Å². The van der Waals surface area contributed by atoms with E-state index in [1.807, 2.05) is 0 Å². The summed E-state index contributed by atoms with van der Waals surface area (Å²) < 4.78 is 3.03. The van der Waals surface area contributed by atoms with Crippen LogP contribution in [0.15, 0.2) is 12.4 Å². The van der Waals surface area contributed by atoms with Gasteiger partial charge in [0.2, 0.25) is 0 Å². The van der Waals surface area contributed by atoms with E-state index >= 15 is 0 Å². The number of nitrogens with two attached hydrogens (primary N) is 2. The lowest BCUT2D eigenvalue weighted by atomic mass is 10.2. The number of rotatable bonds is 2. The van der Waals surface area contributed by atoms with Crippen LogP contribution in [0.3, 0.4) is 0 Å². The minimum absolute atomic E-state index is 0.352. The lowest BCUT2D eigenvalue weighted by molar-refractivity contribution is 0.0999. The highest BCUT2D eigenvalue weighted by atomic mass is 16.1. The summed E-state index contributed by atoms with van der Waals surface area (Å²) in [6.45, 7) is 1.72. The normalized spacial score (nSPS) is 10.6. The molecule has 2 heterocycles. The van der Waals surface area contributed by atoms with Gasteiger partial charge in [0, 0.05) is 7.05 Å². The number of carbonyl (C=O) groups is 1. The Balaban J connectivity index is 2.68. The third kappa shape index (κ3) is 1.42. The first-order valence-electron chi connectivity index (χ1n) is 4.64. The molecule has 0 aromatic carbocycles. The molecule has 0 fully saturated rings. The Kier molecular flexibility index (Phi) is 2.15. The average Bonchev–Trinajstić information content (AvgIpc) is 2.69. The summed E-state index contributed by atoms with van der Waals surface area (Å²) in [7, 11) is 1.71. The van der Waals surface area contributed by atoms with Gasteiger partial charge in [-0.2, -0.15) is 10.2 Å². The number of anilines is 1. The van der Waals surface area contributed by atoms with E-state index in [2.05, 4.69) is 10.2 Å². The van der Waals surface area contributed by atoms with Crippen molar-refractivity contribution in [3.05, 3.63) is 23.7 Å². The van der Waals surface area contributed by atoms with Gasteiger partial charge in [-0.15, -0.1) is 0 Å². The van der Waals surface area contributed by atoms with E-state index in [0.717, 1.165) is 0 Å². The molecule has 4 N–H and O–H groups in total. The highest BCUT2D eigenvalue weighted by Gasteiger charge is 2.19. The first kappa shape index (κ1) is 10.2. The molecule has 0 radical (unpaired) electrons. The standard InChI is InChI=1S/C9H12N6O/c1-5-7(8(11)16)9(14(2)13-5)15-4-6(10)3-12-15/h3-4H,10H2,1-2H3,(H2,11,16). The molecule has 0 spiro atoms. The number of amides is 1. The Hall–Kier alpha value is -2.31. The lowest BCUT2D eigenvalue weighted by Gasteiger charge is -2.03. The predicted molar refractivity (Wildman–Crippen MR) is 58.0 cm³/mol. The van der Waals surface area contributed by atoms with Crippen LogP contribution in [0, 0.1) is 6.92 Å². The summed E-state index contributed by atoms with van der Waals surface area (Å²) in [5, 5.41) is 8.16. The first-order valence-corrected chi connectivity index (χ1v) is 4.64. The highest BCUT2D eigenvalue weighted by molar-refractivity contribution is 5.97. The largest absolute Gasteiger partial charge is 0.396 e. The van der Waals surface area contributed by atoms with Crippen LogP contribution in [0.1, 0.15) is 16.1 Å². The highest BCUT2D eigenvalue weighted by Crippen LogP contribution is 2.17. The van der Waals surface area contributed by atoms with Crippen LogP contribution in [0.25, 0.3) is 5.82 Å². The minimum atomic E-state index is -0.533. The van der Waals surface area contributed by atoms with Crippen LogP contribution in [0.2, 0.25) is 0 Å². The van der Waals surface area contributed by atoms with Gasteiger partial charge in [-0.05, 0) is 6.92 Å². The number of primary amides is 1. The molecular weight excluding hydrogens is 208 g/mol. The zero-order valence-corrected chi connectivity index (χ0v) is 9.01. The second-order valence-electron chi connectivity index (χ2n) is 3.49. The van der Waals surface area contributed by atoms with E-state index in [1.165, 1.54) is 10.9 Å². The van der Waals surface area contributed by atoms with Gasteiger partial charge >= 0.3 is 0 Å². The van der Waals surface area contributed by atoms with Crippen LogP contribution in [0.4, 0.5) is 5.69 Å². The quantitative estimate of drug-likeness (QED) is 0.718. The number of hydrogen-bond acceptors (Lipinski definition) is 4. The number of aryl methyl sites for hydroxylation is 2. The van der Waals surface area contributed by atoms with E-state index in [-0.39, 0.29) is 0 Å². The molecule has 0 aliphatic carbocycles. The molecule has 0 aliphatic rings. The van der Waals surface area contributed by atoms with Crippen LogP contribution in [-0.2, 0) is 7.05 Å². The van der Waals surface area contributed by atoms with Crippen LogP contribution >= 0.6 is 0 Å². The van der Waals surface area contributed by atoms with Crippen molar-refractivity contribution < 1.29 is 4.79 Å². The second-order valence-corrected chi connectivity index (χ2v) is 3.49. The van der Waals surface area contributed by atoms with Gasteiger partial charge in [0.05, 0.1) is 23.8 Å². The number of hydrogen-bond donors (Lipinski definition) is 2. The van der Waals surface area contributed by atoms with Crippen LogP contribution in [-0.4, -0.2) is 25.5 Å². The maximum Gasteiger partial charge on any atom is 0.254 e. The van der Waals surface area contributed by atoms with Crippen molar-refractivity contribution in [2.45, 2.75) is 6.92 Å². The molecule has 84 valence electrons. The molecule has 0 aliphatic heterocycles. The minimum Gasteiger partial charge on any atom is -0.396 e. The average molecular weight is 220 g/mol. The zero-order valence-electron chi connectivity index (χ0n) is 9.01. The molecule has 1 amide bonds. The van der Waals surface area contributed by atoms with E-state index in [9.17, 15) is 4.79 Å². The third-order valence-electron chi connectivity index (χ3n) is 2.26. The Labute approximate surface area is 91.6 Å². The van der Waals surface area contributed by atoms with Gasteiger partial charge in [-0.25, -0.2) is 9.36 Å². The van der Waals surface area contributed by atoms with Crippen molar-refractivity contribution in [3.63, 3.8) is 0 Å². The summed E-state index contributed by atoms with van der Waals surface area (Å²) >= 11 is 0. The summed E-state index contributed by atoms with van der Waals surface area (Å²) in [5.41, 5.74) is 12.3. The number of carbonyl (C=O) groups excluding carboxylic acids is 1. The monoisotopic (exact) mass is 220 g/mol. The van der Waals surface area contributed by atoms with E-state index in [1.54, 1.807) is 24.9 Å². The predicted octanol–water partition coefficient (Wildman–Crippen LogP) is -0.405. The van der Waals surface area contributed by atoms with Crippen LogP contribution < -0.4 is 11.5 Å². The maximum absolute atomic E-state index is 11.3. The molecule has 16 heavy (non-hydrogen) atoms. The molecule has 0 atom stereocenters. The van der Waals surface area contributed by atoms with E-state index in [0.29, 0.717) is 22.8 Å². The SMILES string of the molecule is Cc1nn(C)c(-n2cc(N)cn2)c1C(N)=O. The van der Waals surface area contributed by atoms with Crippen LogP contribution in [0.5, 0.6) is 0 Å². The Morgan fingerprint density at radius 3 is 2.69 bits per heavy atom. The Bertz CT molecular complexity index is 552. The van der Waals surface area contributed by atoms with Gasteiger partial charge in [0.1, 0.15) is 5.56 Å². The molecule has 2 aromatic heterocycles. The molecule has 2 rings (SSSR count). The van der Waals surface area contributed by atoms with Crippen molar-refractivity contribution in [1.29, 1.82) is 0 Å². The van der Waals surface area contributed by atoms with Gasteiger partial charge in [0.25, 0.3) is 5.91 Å². The molecule has 0 unspecified atom stereocenters. The smallest absolute Gasteiger partial charge is 0.254 e. The molecule has 7 nitrogen and oxygen atoms in total. The van der Waals surface area contributed by atoms with E-state index < -0.39 is 5.91 Å². The molecule has 0 saturated heterocycles. The Morgan fingerprint density at radius 1 is 1.50 bits per heavy atom. The fraction of sp³-hybridized carbons (Fsp3) is 0.222. The first-order chi connectivity index (χ1) is 7.50. The molecule has 0 saturated carbocycles. The number of nitrogen functional groups attached to an aromatic ring is 1. The summed E-state index contributed by atoms with van der Waals surface area (Å²) in [6.07, 6.45) is 3.09. The van der Waals surface area contributed by atoms with Crippen molar-refractivity contribution in [3.8, 4) is 5.82 Å². The lowest BCUT2D eigenvalue weighted by Crippen LogP contribution is -2.16. The van der Waals surface area contributed by atoms with Crippen molar-refractivity contribution in [2.75, 3.05) is 5.73 Å². The van der Waals surface area contributed by atoms with Gasteiger partial charge in [-0.1, -0.05) is 0 Å². The second kappa shape index (κ2) is 3.37.